The van der Waals surface area contributed by atoms with Crippen molar-refractivity contribution in [1.82, 2.24) is 15.0 Å². The molecule has 0 aliphatic carbocycles. The van der Waals surface area contributed by atoms with Crippen LogP contribution in [0, 0.1) is 21.6 Å². The maximum absolute atomic E-state index is 7.59. The van der Waals surface area contributed by atoms with Crippen molar-refractivity contribution in [2.24, 2.45) is 17.2 Å². The Morgan fingerprint density at radius 1 is 0.375 bits per heavy atom. The number of hydrogen-bond acceptors (Lipinski definition) is 7. The molecule has 48 heavy (non-hydrogen) atoms. The Morgan fingerprint density at radius 2 is 0.646 bits per heavy atom. The average molecular weight is 631 g/mol. The molecule has 10 nitrogen and oxygen atoms in total. The normalized spacial score (nSPS) is 10.4. The number of nitrogens with two attached hydrogens (primary N) is 3. The van der Waals surface area contributed by atoms with Crippen molar-refractivity contribution >= 4 is 23.2 Å². The number of aromatic nitrogens is 3. The minimum Gasteiger partial charge on any atom is -0.384 e. The van der Waals surface area contributed by atoms with Gasteiger partial charge in [0, 0.05) is 40.8 Å². The van der Waals surface area contributed by atoms with Crippen LogP contribution in [0.3, 0.4) is 0 Å². The van der Waals surface area contributed by atoms with E-state index in [0.717, 1.165) is 50.1 Å². The first-order valence-electron chi connectivity index (χ1n) is 14.9. The van der Waals surface area contributed by atoms with E-state index in [2.05, 4.69) is 39.2 Å². The molecule has 0 radical (unpaired) electrons. The van der Waals surface area contributed by atoms with Crippen molar-refractivity contribution in [2.45, 2.75) is 6.92 Å². The first-order valence-corrected chi connectivity index (χ1v) is 14.9. The molecule has 0 aliphatic heterocycles. The van der Waals surface area contributed by atoms with Crippen LogP contribution >= 0.6 is 0 Å². The summed E-state index contributed by atoms with van der Waals surface area (Å²) in [7, 11) is 0. The predicted octanol–water partition coefficient (Wildman–Crippen LogP) is 6.47. The van der Waals surface area contributed by atoms with Crippen molar-refractivity contribution in [2.75, 3.05) is 0 Å². The second-order valence-electron chi connectivity index (χ2n) is 10.9. The summed E-state index contributed by atoms with van der Waals surface area (Å²) >= 11 is 0. The molecular formula is C38H34N10. The second kappa shape index (κ2) is 14.5. The molecule has 0 bridgehead atoms. The van der Waals surface area contributed by atoms with Gasteiger partial charge in [0.25, 0.3) is 0 Å². The molecular weight excluding hydrogens is 596 g/mol. The Hall–Kier alpha value is -6.81. The topological polar surface area (TPSA) is 212 Å². The molecule has 10 N–H and O–H groups in total. The fraction of sp³-hybridized carbons (Fsp3) is 0.0263. The maximum Gasteiger partial charge on any atom is 0.141 e. The Bertz CT molecular complexity index is 1760. The van der Waals surface area contributed by atoms with Gasteiger partial charge in [0.05, 0.1) is 11.4 Å². The highest BCUT2D eigenvalue weighted by Crippen LogP contribution is 2.26. The van der Waals surface area contributed by atoms with Gasteiger partial charge in [-0.3, -0.25) is 31.2 Å². The molecule has 3 aromatic carbocycles. The number of pyridine rings is 3. The van der Waals surface area contributed by atoms with E-state index in [1.54, 1.807) is 37.6 Å². The average Bonchev–Trinajstić information content (AvgIpc) is 3.12. The largest absolute Gasteiger partial charge is 0.384 e. The summed E-state index contributed by atoms with van der Waals surface area (Å²) in [5.74, 6) is -0.00943. The van der Waals surface area contributed by atoms with E-state index in [4.69, 9.17) is 38.8 Å². The fourth-order valence-corrected chi connectivity index (χ4v) is 4.79. The van der Waals surface area contributed by atoms with Crippen molar-refractivity contribution in [3.63, 3.8) is 0 Å². The van der Waals surface area contributed by atoms with Gasteiger partial charge < -0.3 is 22.6 Å². The van der Waals surface area contributed by atoms with E-state index in [0.29, 0.717) is 22.8 Å². The third kappa shape index (κ3) is 7.88. The van der Waals surface area contributed by atoms with E-state index in [-0.39, 0.29) is 17.5 Å². The van der Waals surface area contributed by atoms with Crippen molar-refractivity contribution in [3.8, 4) is 44.5 Å². The van der Waals surface area contributed by atoms with Gasteiger partial charge in [-0.15, -0.1) is 0 Å². The standard InChI is InChI=1S/C20H18N4.C18H16N6/c1-13(21)19-11-10-18(12-24-19)16-4-2-14(3-5-16)15-6-8-17(9-7-15)20(22)23;19-17(20)15-7-5-13(9-23-15)11-1-2-12(4-3-11)14-6-8-16(18(21)22)24-10-14/h2-12,21H,1H3,(H3,22,23);1-10H,(H3,19,20)(H3,21,22). The number of amidine groups is 3. The SMILES string of the molecule is CC(=N)c1ccc(-c2ccc(-c3ccc(C(=N)N)cc3)cc2)cn1.N=C(N)c1ccc(-c2ccc(-c3ccc(C(=N)N)nc3)cc2)cn1. The van der Waals surface area contributed by atoms with Crippen LogP contribution in [0.15, 0.2) is 128 Å². The van der Waals surface area contributed by atoms with Gasteiger partial charge in [-0.05, 0) is 52.9 Å². The number of nitrogens with one attached hydrogen (secondary N) is 4. The van der Waals surface area contributed by atoms with Crippen LogP contribution in [0.5, 0.6) is 0 Å². The number of rotatable bonds is 8. The lowest BCUT2D eigenvalue weighted by Crippen LogP contribution is -2.12. The second-order valence-corrected chi connectivity index (χ2v) is 10.9. The van der Waals surface area contributed by atoms with Crippen LogP contribution in [-0.4, -0.2) is 38.2 Å². The van der Waals surface area contributed by atoms with Crippen molar-refractivity contribution < 1.29 is 0 Å². The molecule has 0 saturated carbocycles. The Morgan fingerprint density at radius 3 is 0.896 bits per heavy atom. The monoisotopic (exact) mass is 630 g/mol. The molecule has 236 valence electrons. The minimum absolute atomic E-state index is 0.0431. The molecule has 0 unspecified atom stereocenters. The molecule has 0 aliphatic rings. The lowest BCUT2D eigenvalue weighted by Gasteiger charge is -2.06. The summed E-state index contributed by atoms with van der Waals surface area (Å²) in [6.45, 7) is 1.73. The van der Waals surface area contributed by atoms with Gasteiger partial charge in [-0.25, -0.2) is 0 Å². The third-order valence-corrected chi connectivity index (χ3v) is 7.53. The van der Waals surface area contributed by atoms with Crippen LogP contribution in [0.2, 0.25) is 0 Å². The molecule has 10 heteroatoms. The number of benzene rings is 3. The molecule has 6 aromatic rings. The molecule has 0 fully saturated rings. The van der Waals surface area contributed by atoms with Gasteiger partial charge >= 0.3 is 0 Å². The van der Waals surface area contributed by atoms with Crippen LogP contribution in [0.1, 0.15) is 29.6 Å². The van der Waals surface area contributed by atoms with Gasteiger partial charge in [0.1, 0.15) is 28.9 Å². The van der Waals surface area contributed by atoms with Crippen LogP contribution in [0.4, 0.5) is 0 Å². The van der Waals surface area contributed by atoms with Crippen LogP contribution in [0.25, 0.3) is 44.5 Å². The third-order valence-electron chi connectivity index (χ3n) is 7.53. The summed E-state index contributed by atoms with van der Waals surface area (Å²) in [6, 6.07) is 35.0. The summed E-state index contributed by atoms with van der Waals surface area (Å²) in [6.07, 6.45) is 5.20. The Balaban J connectivity index is 0.000000188. The minimum atomic E-state index is -0.0431. The molecule has 0 spiro atoms. The zero-order valence-corrected chi connectivity index (χ0v) is 26.2. The highest BCUT2D eigenvalue weighted by molar-refractivity contribution is 5.96. The first kappa shape index (κ1) is 32.6. The van der Waals surface area contributed by atoms with E-state index in [1.165, 1.54) is 0 Å². The van der Waals surface area contributed by atoms with Crippen LogP contribution in [-0.2, 0) is 0 Å². The summed E-state index contributed by atoms with van der Waals surface area (Å²) in [5, 5.41) is 29.8. The first-order chi connectivity index (χ1) is 23.1. The van der Waals surface area contributed by atoms with Crippen molar-refractivity contribution in [1.29, 1.82) is 21.6 Å². The van der Waals surface area contributed by atoms with Crippen molar-refractivity contribution in [3.05, 3.63) is 150 Å². The zero-order chi connectivity index (χ0) is 34.2. The number of hydrogen-bond donors (Lipinski definition) is 7. The fourth-order valence-electron chi connectivity index (χ4n) is 4.79. The maximum atomic E-state index is 7.59. The van der Waals surface area contributed by atoms with E-state index < -0.39 is 0 Å². The number of nitrogens with zero attached hydrogens (tertiary/aromatic N) is 3. The summed E-state index contributed by atoms with van der Waals surface area (Å²) in [5.41, 5.74) is 27.4. The molecule has 0 atom stereocenters. The predicted molar refractivity (Wildman–Crippen MR) is 194 cm³/mol. The van der Waals surface area contributed by atoms with Gasteiger partial charge in [-0.1, -0.05) is 91.0 Å². The van der Waals surface area contributed by atoms with Gasteiger partial charge in [-0.2, -0.15) is 0 Å². The summed E-state index contributed by atoms with van der Waals surface area (Å²) in [4.78, 5) is 12.6. The Labute approximate surface area is 278 Å². The lowest BCUT2D eigenvalue weighted by atomic mass is 10.00. The molecule has 0 saturated heterocycles. The smallest absolute Gasteiger partial charge is 0.141 e. The van der Waals surface area contributed by atoms with Crippen LogP contribution < -0.4 is 17.2 Å². The zero-order valence-electron chi connectivity index (χ0n) is 26.2. The highest BCUT2D eigenvalue weighted by atomic mass is 14.8. The molecule has 3 aromatic heterocycles. The Kier molecular flexibility index (Phi) is 9.86. The molecule has 0 amide bonds. The van der Waals surface area contributed by atoms with Gasteiger partial charge in [0.2, 0.25) is 0 Å². The van der Waals surface area contributed by atoms with E-state index in [1.807, 2.05) is 72.8 Å². The number of nitrogen functional groups attached to an aromatic ring is 3. The highest BCUT2D eigenvalue weighted by Gasteiger charge is 2.06. The van der Waals surface area contributed by atoms with E-state index >= 15 is 0 Å². The van der Waals surface area contributed by atoms with E-state index in [9.17, 15) is 0 Å². The lowest BCUT2D eigenvalue weighted by molar-refractivity contribution is 1.25. The van der Waals surface area contributed by atoms with Gasteiger partial charge in [0.15, 0.2) is 0 Å². The molecule has 3 heterocycles. The quantitative estimate of drug-likeness (QED) is 0.0739. The molecule has 6 rings (SSSR count). The summed E-state index contributed by atoms with van der Waals surface area (Å²) < 4.78 is 0.